The zero-order valence-corrected chi connectivity index (χ0v) is 11.1. The van der Waals surface area contributed by atoms with E-state index in [9.17, 15) is 4.79 Å². The molecule has 1 fully saturated rings. The van der Waals surface area contributed by atoms with Crippen molar-refractivity contribution in [1.29, 1.82) is 0 Å². The standard InChI is InChI=1S/C15H21NO3/c16-13-7-5-12(6-8-13)11-15(17)19-10-2-4-14-3-1-9-18-14/h5-8,14H,1-4,9-11,16H2. The molecular weight excluding hydrogens is 242 g/mol. The molecule has 2 N–H and O–H groups in total. The SMILES string of the molecule is Nc1ccc(CC(=O)OCCCC2CCCO2)cc1. The van der Waals surface area contributed by atoms with Crippen molar-refractivity contribution in [3.63, 3.8) is 0 Å². The van der Waals surface area contributed by atoms with Gasteiger partial charge in [-0.15, -0.1) is 0 Å². The van der Waals surface area contributed by atoms with Gasteiger partial charge in [0.05, 0.1) is 19.1 Å². The monoisotopic (exact) mass is 263 g/mol. The van der Waals surface area contributed by atoms with Crippen molar-refractivity contribution in [2.45, 2.75) is 38.2 Å². The molecule has 0 aliphatic carbocycles. The minimum atomic E-state index is -0.183. The Labute approximate surface area is 113 Å². The molecule has 1 aliphatic heterocycles. The van der Waals surface area contributed by atoms with Gasteiger partial charge in [0.15, 0.2) is 0 Å². The second-order valence-electron chi connectivity index (χ2n) is 4.92. The van der Waals surface area contributed by atoms with E-state index >= 15 is 0 Å². The summed E-state index contributed by atoms with van der Waals surface area (Å²) in [4.78, 5) is 11.6. The minimum absolute atomic E-state index is 0.183. The fourth-order valence-electron chi connectivity index (χ4n) is 2.22. The number of hydrogen-bond acceptors (Lipinski definition) is 4. The summed E-state index contributed by atoms with van der Waals surface area (Å²) in [5, 5.41) is 0. The van der Waals surface area contributed by atoms with Crippen molar-refractivity contribution in [3.05, 3.63) is 29.8 Å². The highest BCUT2D eigenvalue weighted by Gasteiger charge is 2.14. The highest BCUT2D eigenvalue weighted by molar-refractivity contribution is 5.72. The van der Waals surface area contributed by atoms with Crippen molar-refractivity contribution in [1.82, 2.24) is 0 Å². The fraction of sp³-hybridized carbons (Fsp3) is 0.533. The number of esters is 1. The maximum Gasteiger partial charge on any atom is 0.310 e. The van der Waals surface area contributed by atoms with Crippen molar-refractivity contribution >= 4 is 11.7 Å². The second kappa shape index (κ2) is 7.14. The molecule has 1 aromatic rings. The van der Waals surface area contributed by atoms with E-state index in [0.717, 1.165) is 37.9 Å². The Kier molecular flexibility index (Phi) is 5.21. The van der Waals surface area contributed by atoms with Gasteiger partial charge in [-0.3, -0.25) is 4.79 Å². The number of benzene rings is 1. The molecule has 1 aliphatic rings. The quantitative estimate of drug-likeness (QED) is 0.486. The van der Waals surface area contributed by atoms with Crippen LogP contribution < -0.4 is 5.73 Å². The Hall–Kier alpha value is -1.55. The van der Waals surface area contributed by atoms with Crippen LogP contribution in [0.1, 0.15) is 31.2 Å². The van der Waals surface area contributed by atoms with Gasteiger partial charge in [0.1, 0.15) is 0 Å². The third-order valence-corrected chi connectivity index (χ3v) is 3.29. The Morgan fingerprint density at radius 1 is 1.37 bits per heavy atom. The molecule has 1 heterocycles. The second-order valence-corrected chi connectivity index (χ2v) is 4.92. The number of ether oxygens (including phenoxy) is 2. The molecule has 0 bridgehead atoms. The molecule has 1 unspecified atom stereocenters. The predicted octanol–water partition coefficient (Wildman–Crippen LogP) is 2.31. The Morgan fingerprint density at radius 2 is 2.16 bits per heavy atom. The molecule has 19 heavy (non-hydrogen) atoms. The first-order valence-corrected chi connectivity index (χ1v) is 6.85. The van der Waals surface area contributed by atoms with Crippen molar-refractivity contribution in [2.75, 3.05) is 18.9 Å². The Bertz CT molecular complexity index is 396. The van der Waals surface area contributed by atoms with Gasteiger partial charge in [0.25, 0.3) is 0 Å². The van der Waals surface area contributed by atoms with Crippen LogP contribution in [0.3, 0.4) is 0 Å². The zero-order chi connectivity index (χ0) is 13.5. The first-order valence-electron chi connectivity index (χ1n) is 6.85. The summed E-state index contributed by atoms with van der Waals surface area (Å²) < 4.78 is 10.7. The normalized spacial score (nSPS) is 18.4. The van der Waals surface area contributed by atoms with Crippen LogP contribution in [0.4, 0.5) is 5.69 Å². The van der Waals surface area contributed by atoms with Crippen LogP contribution in [0.15, 0.2) is 24.3 Å². The van der Waals surface area contributed by atoms with E-state index in [4.69, 9.17) is 15.2 Å². The van der Waals surface area contributed by atoms with E-state index in [1.54, 1.807) is 12.1 Å². The molecule has 2 rings (SSSR count). The summed E-state index contributed by atoms with van der Waals surface area (Å²) in [5.74, 6) is -0.183. The lowest BCUT2D eigenvalue weighted by atomic mass is 10.1. The summed E-state index contributed by atoms with van der Waals surface area (Å²) in [7, 11) is 0. The first kappa shape index (κ1) is 13.9. The molecule has 0 saturated carbocycles. The maximum absolute atomic E-state index is 11.6. The van der Waals surface area contributed by atoms with Gasteiger partial charge in [0, 0.05) is 12.3 Å². The average molecular weight is 263 g/mol. The zero-order valence-electron chi connectivity index (χ0n) is 11.1. The van der Waals surface area contributed by atoms with Gasteiger partial charge in [-0.2, -0.15) is 0 Å². The molecule has 1 aromatic carbocycles. The summed E-state index contributed by atoms with van der Waals surface area (Å²) in [6.07, 6.45) is 4.82. The van der Waals surface area contributed by atoms with Crippen molar-refractivity contribution in [3.8, 4) is 0 Å². The van der Waals surface area contributed by atoms with Gasteiger partial charge < -0.3 is 15.2 Å². The molecule has 0 spiro atoms. The van der Waals surface area contributed by atoms with Gasteiger partial charge in [-0.1, -0.05) is 12.1 Å². The molecule has 1 saturated heterocycles. The third-order valence-electron chi connectivity index (χ3n) is 3.29. The van der Waals surface area contributed by atoms with Crippen molar-refractivity contribution < 1.29 is 14.3 Å². The molecule has 4 heteroatoms. The smallest absolute Gasteiger partial charge is 0.310 e. The number of carbonyl (C=O) groups is 1. The molecule has 4 nitrogen and oxygen atoms in total. The Morgan fingerprint density at radius 3 is 2.84 bits per heavy atom. The molecule has 0 aromatic heterocycles. The van der Waals surface area contributed by atoms with E-state index < -0.39 is 0 Å². The topological polar surface area (TPSA) is 61.6 Å². The van der Waals surface area contributed by atoms with Gasteiger partial charge >= 0.3 is 5.97 Å². The largest absolute Gasteiger partial charge is 0.465 e. The van der Waals surface area contributed by atoms with Crippen LogP contribution in [-0.2, 0) is 20.7 Å². The predicted molar refractivity (Wildman–Crippen MR) is 73.7 cm³/mol. The number of nitrogen functional groups attached to an aromatic ring is 1. The minimum Gasteiger partial charge on any atom is -0.465 e. The number of hydrogen-bond donors (Lipinski definition) is 1. The van der Waals surface area contributed by atoms with Crippen LogP contribution in [0.25, 0.3) is 0 Å². The Balaban J connectivity index is 1.60. The van der Waals surface area contributed by atoms with Crippen LogP contribution in [0, 0.1) is 0 Å². The van der Waals surface area contributed by atoms with Crippen LogP contribution in [0.5, 0.6) is 0 Å². The fourth-order valence-corrected chi connectivity index (χ4v) is 2.22. The van der Waals surface area contributed by atoms with Crippen LogP contribution in [0.2, 0.25) is 0 Å². The molecule has 1 atom stereocenters. The lowest BCUT2D eigenvalue weighted by Gasteiger charge is -2.09. The van der Waals surface area contributed by atoms with E-state index in [1.807, 2.05) is 12.1 Å². The van der Waals surface area contributed by atoms with E-state index in [-0.39, 0.29) is 5.97 Å². The molecular formula is C15H21NO3. The number of anilines is 1. The number of nitrogens with two attached hydrogens (primary N) is 1. The van der Waals surface area contributed by atoms with Crippen LogP contribution >= 0.6 is 0 Å². The maximum atomic E-state index is 11.6. The number of carbonyl (C=O) groups excluding carboxylic acids is 1. The van der Waals surface area contributed by atoms with E-state index in [0.29, 0.717) is 24.8 Å². The third kappa shape index (κ3) is 4.91. The highest BCUT2D eigenvalue weighted by atomic mass is 16.5. The summed E-state index contributed by atoms with van der Waals surface area (Å²) in [6, 6.07) is 7.28. The van der Waals surface area contributed by atoms with Gasteiger partial charge in [0.2, 0.25) is 0 Å². The average Bonchev–Trinajstić information content (AvgIpc) is 2.91. The molecule has 0 radical (unpaired) electrons. The van der Waals surface area contributed by atoms with Crippen LogP contribution in [-0.4, -0.2) is 25.3 Å². The molecule has 0 amide bonds. The highest BCUT2D eigenvalue weighted by Crippen LogP contribution is 2.16. The first-order chi connectivity index (χ1) is 9.24. The van der Waals surface area contributed by atoms with Gasteiger partial charge in [-0.25, -0.2) is 0 Å². The van der Waals surface area contributed by atoms with Crippen molar-refractivity contribution in [2.24, 2.45) is 0 Å². The lowest BCUT2D eigenvalue weighted by molar-refractivity contribution is -0.143. The summed E-state index contributed by atoms with van der Waals surface area (Å²) in [5.41, 5.74) is 7.22. The number of rotatable bonds is 6. The summed E-state index contributed by atoms with van der Waals surface area (Å²) >= 11 is 0. The molecule has 104 valence electrons. The van der Waals surface area contributed by atoms with Gasteiger partial charge in [-0.05, 0) is 43.4 Å². The van der Waals surface area contributed by atoms with E-state index in [1.165, 1.54) is 0 Å². The summed E-state index contributed by atoms with van der Waals surface area (Å²) in [6.45, 7) is 1.36. The lowest BCUT2D eigenvalue weighted by Crippen LogP contribution is -2.11. The van der Waals surface area contributed by atoms with E-state index in [2.05, 4.69) is 0 Å².